The second-order valence-corrected chi connectivity index (χ2v) is 7.96. The van der Waals surface area contributed by atoms with Crippen LogP contribution in [0, 0.1) is 0 Å². The van der Waals surface area contributed by atoms with Gasteiger partial charge in [-0.15, -0.1) is 0 Å². The number of carbonyl (C=O) groups excluding carboxylic acids is 2. The van der Waals surface area contributed by atoms with Crippen LogP contribution in [-0.4, -0.2) is 20.1 Å². The summed E-state index contributed by atoms with van der Waals surface area (Å²) in [7, 11) is -3.87. The molecule has 0 saturated heterocycles. The van der Waals surface area contributed by atoms with Crippen molar-refractivity contribution >= 4 is 38.7 Å². The van der Waals surface area contributed by atoms with Crippen molar-refractivity contribution in [2.24, 2.45) is 0 Å². The lowest BCUT2D eigenvalue weighted by atomic mass is 10.0. The quantitative estimate of drug-likeness (QED) is 0.637. The largest absolute Gasteiger partial charge is 0.321 e. The SMILES string of the molecule is CC(=O)c1cccc(NS(=O)(=O)c2ccc3c(c2)C(=C(C)C)C(=O)N3)c1. The van der Waals surface area contributed by atoms with Crippen LogP contribution in [0.25, 0.3) is 5.57 Å². The van der Waals surface area contributed by atoms with Crippen LogP contribution in [0.1, 0.15) is 36.7 Å². The molecule has 0 aliphatic carbocycles. The number of fused-ring (bicyclic) bond motifs is 1. The molecule has 1 heterocycles. The lowest BCUT2D eigenvalue weighted by molar-refractivity contribution is -0.110. The first kappa shape index (κ1) is 17.9. The van der Waals surface area contributed by atoms with Crippen molar-refractivity contribution in [2.75, 3.05) is 10.0 Å². The van der Waals surface area contributed by atoms with Crippen molar-refractivity contribution in [2.45, 2.75) is 25.7 Å². The highest BCUT2D eigenvalue weighted by molar-refractivity contribution is 7.92. The molecule has 0 saturated carbocycles. The van der Waals surface area contributed by atoms with E-state index in [4.69, 9.17) is 0 Å². The van der Waals surface area contributed by atoms with E-state index in [1.165, 1.54) is 25.1 Å². The molecule has 0 radical (unpaired) electrons. The van der Waals surface area contributed by atoms with Gasteiger partial charge in [-0.1, -0.05) is 17.7 Å². The van der Waals surface area contributed by atoms with Gasteiger partial charge < -0.3 is 5.32 Å². The van der Waals surface area contributed by atoms with E-state index in [9.17, 15) is 18.0 Å². The first-order valence-electron chi connectivity index (χ1n) is 7.96. The van der Waals surface area contributed by atoms with Crippen LogP contribution in [0.5, 0.6) is 0 Å². The van der Waals surface area contributed by atoms with E-state index in [0.29, 0.717) is 28.1 Å². The second-order valence-electron chi connectivity index (χ2n) is 6.28. The highest BCUT2D eigenvalue weighted by atomic mass is 32.2. The summed E-state index contributed by atoms with van der Waals surface area (Å²) in [5.41, 5.74) is 3.16. The molecule has 6 nitrogen and oxygen atoms in total. The zero-order valence-electron chi connectivity index (χ0n) is 14.6. The van der Waals surface area contributed by atoms with E-state index in [-0.39, 0.29) is 16.6 Å². The fraction of sp³-hybridized carbons (Fsp3) is 0.158. The van der Waals surface area contributed by atoms with Gasteiger partial charge in [0.1, 0.15) is 0 Å². The highest BCUT2D eigenvalue weighted by Crippen LogP contribution is 2.35. The molecule has 0 atom stereocenters. The molecule has 0 aromatic heterocycles. The zero-order valence-corrected chi connectivity index (χ0v) is 15.4. The smallest absolute Gasteiger partial charge is 0.261 e. The second kappa shape index (κ2) is 6.42. The number of rotatable bonds is 4. The van der Waals surface area contributed by atoms with Crippen molar-refractivity contribution < 1.29 is 18.0 Å². The summed E-state index contributed by atoms with van der Waals surface area (Å²) < 4.78 is 27.9. The summed E-state index contributed by atoms with van der Waals surface area (Å²) in [6.07, 6.45) is 0. The van der Waals surface area contributed by atoms with E-state index in [2.05, 4.69) is 10.0 Å². The fourth-order valence-corrected chi connectivity index (χ4v) is 3.90. The minimum absolute atomic E-state index is 0.0414. The Morgan fingerprint density at radius 1 is 1.04 bits per heavy atom. The van der Waals surface area contributed by atoms with Crippen LogP contribution in [-0.2, 0) is 14.8 Å². The van der Waals surface area contributed by atoms with E-state index in [1.54, 1.807) is 38.1 Å². The van der Waals surface area contributed by atoms with Gasteiger partial charge in [0, 0.05) is 28.1 Å². The molecular weight excluding hydrogens is 352 g/mol. The Labute approximate surface area is 152 Å². The Hall–Kier alpha value is -2.93. The van der Waals surface area contributed by atoms with Gasteiger partial charge in [0.2, 0.25) is 0 Å². The van der Waals surface area contributed by atoms with Gasteiger partial charge in [0.05, 0.1) is 4.90 Å². The maximum atomic E-state index is 12.7. The number of amides is 1. The van der Waals surface area contributed by atoms with Crippen LogP contribution in [0.4, 0.5) is 11.4 Å². The van der Waals surface area contributed by atoms with Crippen molar-refractivity contribution in [1.29, 1.82) is 0 Å². The first-order chi connectivity index (χ1) is 12.2. The van der Waals surface area contributed by atoms with Crippen molar-refractivity contribution in [1.82, 2.24) is 0 Å². The summed E-state index contributed by atoms with van der Waals surface area (Å²) in [5.74, 6) is -0.391. The number of ketones is 1. The number of hydrogen-bond donors (Lipinski definition) is 2. The average Bonchev–Trinajstić information content (AvgIpc) is 2.89. The van der Waals surface area contributed by atoms with E-state index in [1.807, 2.05) is 0 Å². The molecule has 0 fully saturated rings. The third-order valence-electron chi connectivity index (χ3n) is 4.07. The number of anilines is 2. The van der Waals surface area contributed by atoms with Crippen molar-refractivity contribution in [3.05, 3.63) is 59.2 Å². The third kappa shape index (κ3) is 3.25. The molecule has 0 spiro atoms. The Balaban J connectivity index is 2.00. The monoisotopic (exact) mass is 370 g/mol. The highest BCUT2D eigenvalue weighted by Gasteiger charge is 2.27. The lowest BCUT2D eigenvalue weighted by Gasteiger charge is -2.10. The predicted molar refractivity (Wildman–Crippen MR) is 101 cm³/mol. The molecule has 26 heavy (non-hydrogen) atoms. The van der Waals surface area contributed by atoms with Crippen LogP contribution >= 0.6 is 0 Å². The summed E-state index contributed by atoms with van der Waals surface area (Å²) in [5, 5.41) is 2.73. The van der Waals surface area contributed by atoms with Crippen LogP contribution in [0.15, 0.2) is 52.9 Å². The number of allylic oxidation sites excluding steroid dienone is 1. The molecule has 7 heteroatoms. The average molecular weight is 370 g/mol. The van der Waals surface area contributed by atoms with E-state index in [0.717, 1.165) is 5.57 Å². The Morgan fingerprint density at radius 2 is 1.77 bits per heavy atom. The van der Waals surface area contributed by atoms with Crippen LogP contribution in [0.2, 0.25) is 0 Å². The zero-order chi connectivity index (χ0) is 19.1. The summed E-state index contributed by atoms with van der Waals surface area (Å²) in [6.45, 7) is 5.02. The summed E-state index contributed by atoms with van der Waals surface area (Å²) >= 11 is 0. The first-order valence-corrected chi connectivity index (χ1v) is 9.44. The standard InChI is InChI=1S/C19H18N2O4S/c1-11(2)18-16-10-15(7-8-17(16)20-19(18)23)26(24,25)21-14-6-4-5-13(9-14)12(3)22/h4-10,21H,1-3H3,(H,20,23). The number of nitrogens with one attached hydrogen (secondary N) is 2. The molecule has 3 rings (SSSR count). The molecule has 0 unspecified atom stereocenters. The molecule has 1 amide bonds. The predicted octanol–water partition coefficient (Wildman–Crippen LogP) is 3.44. The number of hydrogen-bond acceptors (Lipinski definition) is 4. The molecule has 2 aromatic carbocycles. The number of sulfonamides is 1. The Bertz CT molecular complexity index is 1060. The van der Waals surface area contributed by atoms with Crippen LogP contribution < -0.4 is 10.0 Å². The van der Waals surface area contributed by atoms with Gasteiger partial charge in [-0.05, 0) is 51.1 Å². The normalized spacial score (nSPS) is 13.2. The van der Waals surface area contributed by atoms with Gasteiger partial charge in [-0.25, -0.2) is 8.42 Å². The third-order valence-corrected chi connectivity index (χ3v) is 5.45. The van der Waals surface area contributed by atoms with E-state index >= 15 is 0 Å². The molecule has 1 aliphatic rings. The van der Waals surface area contributed by atoms with Crippen molar-refractivity contribution in [3.8, 4) is 0 Å². The van der Waals surface area contributed by atoms with Gasteiger partial charge in [0.25, 0.3) is 15.9 Å². The van der Waals surface area contributed by atoms with Crippen LogP contribution in [0.3, 0.4) is 0 Å². The molecule has 1 aliphatic heterocycles. The maximum absolute atomic E-state index is 12.7. The topological polar surface area (TPSA) is 92.3 Å². The minimum Gasteiger partial charge on any atom is -0.321 e. The van der Waals surface area contributed by atoms with Gasteiger partial charge in [-0.3, -0.25) is 14.3 Å². The van der Waals surface area contributed by atoms with Crippen molar-refractivity contribution in [3.63, 3.8) is 0 Å². The molecular formula is C19H18N2O4S. The maximum Gasteiger partial charge on any atom is 0.261 e. The number of carbonyl (C=O) groups is 2. The molecule has 134 valence electrons. The Morgan fingerprint density at radius 3 is 2.42 bits per heavy atom. The molecule has 2 aromatic rings. The lowest BCUT2D eigenvalue weighted by Crippen LogP contribution is -2.13. The Kier molecular flexibility index (Phi) is 4.41. The van der Waals surface area contributed by atoms with Gasteiger partial charge >= 0.3 is 0 Å². The molecule has 2 N–H and O–H groups in total. The van der Waals surface area contributed by atoms with E-state index < -0.39 is 10.0 Å². The number of Topliss-reactive ketones (excluding diaryl/α,β-unsaturated/α-hetero) is 1. The number of benzene rings is 2. The summed E-state index contributed by atoms with van der Waals surface area (Å²) in [6, 6.07) is 10.8. The minimum atomic E-state index is -3.87. The van der Waals surface area contributed by atoms with Gasteiger partial charge in [-0.2, -0.15) is 0 Å². The van der Waals surface area contributed by atoms with Gasteiger partial charge in [0.15, 0.2) is 5.78 Å². The summed E-state index contributed by atoms with van der Waals surface area (Å²) in [4.78, 5) is 23.6. The fourth-order valence-electron chi connectivity index (χ4n) is 2.83. The molecule has 0 bridgehead atoms.